The summed E-state index contributed by atoms with van der Waals surface area (Å²) in [6.45, 7) is 0. The molecule has 1 aliphatic carbocycles. The second-order valence-corrected chi connectivity index (χ2v) is 5.37. The molecule has 0 spiro atoms. The number of rotatable bonds is 5. The summed E-state index contributed by atoms with van der Waals surface area (Å²) in [5.41, 5.74) is 1.17. The van der Waals surface area contributed by atoms with Crippen LogP contribution in [-0.4, -0.2) is 16.9 Å². The number of hydrogen-bond acceptors (Lipinski definition) is 2. The predicted octanol–water partition coefficient (Wildman–Crippen LogP) is 2.54. The van der Waals surface area contributed by atoms with Crippen molar-refractivity contribution in [1.29, 1.82) is 5.26 Å². The van der Waals surface area contributed by atoms with Crippen LogP contribution in [0.4, 0.5) is 0 Å². The van der Waals surface area contributed by atoms with E-state index in [2.05, 4.69) is 16.4 Å². The number of hydrogen-bond donors (Lipinski definition) is 2. The lowest BCUT2D eigenvalue weighted by atomic mass is 9.84. The molecule has 1 heterocycles. The van der Waals surface area contributed by atoms with Crippen molar-refractivity contribution in [3.8, 4) is 6.07 Å². The lowest BCUT2D eigenvalue weighted by Crippen LogP contribution is -2.37. The van der Waals surface area contributed by atoms with Crippen LogP contribution in [0, 0.1) is 17.2 Å². The van der Waals surface area contributed by atoms with Crippen molar-refractivity contribution >= 4 is 5.91 Å². The summed E-state index contributed by atoms with van der Waals surface area (Å²) in [5.74, 6) is 0.683. The molecule has 1 amide bonds. The van der Waals surface area contributed by atoms with Gasteiger partial charge in [0.2, 0.25) is 5.91 Å². The van der Waals surface area contributed by atoms with Crippen LogP contribution in [0.5, 0.6) is 0 Å². The Morgan fingerprint density at radius 1 is 1.42 bits per heavy atom. The van der Waals surface area contributed by atoms with E-state index in [9.17, 15) is 4.79 Å². The Labute approximate surface area is 114 Å². The molecule has 0 bridgehead atoms. The van der Waals surface area contributed by atoms with Crippen molar-refractivity contribution in [1.82, 2.24) is 10.3 Å². The van der Waals surface area contributed by atoms with E-state index in [-0.39, 0.29) is 5.91 Å². The first kappa shape index (κ1) is 13.7. The lowest BCUT2D eigenvalue weighted by Gasteiger charge is -2.27. The first-order valence-corrected chi connectivity index (χ1v) is 7.06. The van der Waals surface area contributed by atoms with Gasteiger partial charge in [0.15, 0.2) is 0 Å². The summed E-state index contributed by atoms with van der Waals surface area (Å²) in [7, 11) is 0. The predicted molar refractivity (Wildman–Crippen MR) is 73.2 cm³/mol. The average molecular weight is 259 g/mol. The highest BCUT2D eigenvalue weighted by atomic mass is 16.1. The van der Waals surface area contributed by atoms with Gasteiger partial charge in [0.1, 0.15) is 0 Å². The van der Waals surface area contributed by atoms with Gasteiger partial charge in [0.25, 0.3) is 0 Å². The normalized spacial score (nSPS) is 22.7. The molecule has 2 rings (SSSR count). The van der Waals surface area contributed by atoms with Crippen LogP contribution >= 0.6 is 0 Å². The second kappa shape index (κ2) is 6.98. The maximum Gasteiger partial charge on any atom is 0.220 e. The number of aryl methyl sites for hydroxylation is 1. The topological polar surface area (TPSA) is 68.7 Å². The minimum absolute atomic E-state index is 0.143. The quantitative estimate of drug-likeness (QED) is 0.853. The zero-order valence-corrected chi connectivity index (χ0v) is 11.2. The van der Waals surface area contributed by atoms with Crippen LogP contribution in [0.15, 0.2) is 18.5 Å². The largest absolute Gasteiger partial charge is 0.367 e. The smallest absolute Gasteiger partial charge is 0.220 e. The molecule has 0 unspecified atom stereocenters. The van der Waals surface area contributed by atoms with Crippen LogP contribution < -0.4 is 5.32 Å². The van der Waals surface area contributed by atoms with Crippen molar-refractivity contribution in [3.05, 3.63) is 24.0 Å². The molecule has 0 saturated heterocycles. The van der Waals surface area contributed by atoms with Crippen molar-refractivity contribution in [2.75, 3.05) is 0 Å². The van der Waals surface area contributed by atoms with Gasteiger partial charge in [-0.05, 0) is 49.7 Å². The highest BCUT2D eigenvalue weighted by Gasteiger charge is 2.21. The van der Waals surface area contributed by atoms with Crippen LogP contribution in [-0.2, 0) is 11.2 Å². The van der Waals surface area contributed by atoms with E-state index in [0.29, 0.717) is 24.8 Å². The second-order valence-electron chi connectivity index (χ2n) is 5.37. The fourth-order valence-corrected chi connectivity index (χ4v) is 2.71. The zero-order chi connectivity index (χ0) is 13.5. The number of nitriles is 1. The highest BCUT2D eigenvalue weighted by molar-refractivity contribution is 5.76. The molecule has 0 atom stereocenters. The monoisotopic (exact) mass is 259 g/mol. The van der Waals surface area contributed by atoms with Gasteiger partial charge in [-0.3, -0.25) is 4.79 Å². The van der Waals surface area contributed by atoms with Gasteiger partial charge in [-0.2, -0.15) is 5.26 Å². The number of nitrogens with one attached hydrogen (secondary N) is 2. The van der Waals surface area contributed by atoms with Gasteiger partial charge in [-0.15, -0.1) is 0 Å². The Hall–Kier alpha value is -1.76. The molecule has 4 nitrogen and oxygen atoms in total. The molecule has 102 valence electrons. The summed E-state index contributed by atoms with van der Waals surface area (Å²) >= 11 is 0. The molecular weight excluding hydrogens is 238 g/mol. The molecule has 1 aliphatic rings. The van der Waals surface area contributed by atoms with Crippen molar-refractivity contribution in [2.24, 2.45) is 5.92 Å². The van der Waals surface area contributed by atoms with Crippen LogP contribution in [0.3, 0.4) is 0 Å². The van der Waals surface area contributed by atoms with Crippen LogP contribution in [0.2, 0.25) is 0 Å². The molecule has 0 radical (unpaired) electrons. The third-order valence-corrected chi connectivity index (χ3v) is 3.89. The highest BCUT2D eigenvalue weighted by Crippen LogP contribution is 2.26. The standard InChI is InChI=1S/C15H21N3O/c16-9-7-12-1-4-14(5-2-12)18-15(19)6-3-13-8-10-17-11-13/h8,10-12,14,17H,1-7H2,(H,18,19). The van der Waals surface area contributed by atoms with E-state index >= 15 is 0 Å². The van der Waals surface area contributed by atoms with Crippen LogP contribution in [0.25, 0.3) is 0 Å². The summed E-state index contributed by atoms with van der Waals surface area (Å²) in [4.78, 5) is 14.8. The van der Waals surface area contributed by atoms with E-state index in [1.165, 1.54) is 5.56 Å². The maximum absolute atomic E-state index is 11.8. The zero-order valence-electron chi connectivity index (χ0n) is 11.2. The molecule has 19 heavy (non-hydrogen) atoms. The first-order valence-electron chi connectivity index (χ1n) is 7.06. The molecular formula is C15H21N3O. The summed E-state index contributed by atoms with van der Waals surface area (Å²) in [6, 6.07) is 4.55. The van der Waals surface area contributed by atoms with E-state index in [1.54, 1.807) is 0 Å². The number of nitrogens with zero attached hydrogens (tertiary/aromatic N) is 1. The molecule has 1 aromatic heterocycles. The third kappa shape index (κ3) is 4.44. The Morgan fingerprint density at radius 3 is 2.84 bits per heavy atom. The van der Waals surface area contributed by atoms with E-state index in [1.807, 2.05) is 18.5 Å². The maximum atomic E-state index is 11.8. The van der Waals surface area contributed by atoms with Gasteiger partial charge in [-0.25, -0.2) is 0 Å². The lowest BCUT2D eigenvalue weighted by molar-refractivity contribution is -0.122. The van der Waals surface area contributed by atoms with Crippen molar-refractivity contribution in [3.63, 3.8) is 0 Å². The minimum atomic E-state index is 0.143. The first-order chi connectivity index (χ1) is 9.28. The van der Waals surface area contributed by atoms with Gasteiger partial charge >= 0.3 is 0 Å². The minimum Gasteiger partial charge on any atom is -0.367 e. The molecule has 4 heteroatoms. The van der Waals surface area contributed by atoms with Gasteiger partial charge in [-0.1, -0.05) is 0 Å². The van der Waals surface area contributed by atoms with E-state index in [4.69, 9.17) is 5.26 Å². The number of aromatic nitrogens is 1. The number of carbonyl (C=O) groups excluding carboxylic acids is 1. The Morgan fingerprint density at radius 2 is 2.21 bits per heavy atom. The summed E-state index contributed by atoms with van der Waals surface area (Å²) in [6.07, 6.45) is 9.98. The molecule has 1 fully saturated rings. The Bertz CT molecular complexity index is 425. The SMILES string of the molecule is N#CCC1CCC(NC(=O)CCc2cc[nH]c2)CC1. The van der Waals surface area contributed by atoms with Crippen molar-refractivity contribution < 1.29 is 4.79 Å². The average Bonchev–Trinajstić information content (AvgIpc) is 2.92. The van der Waals surface area contributed by atoms with Gasteiger partial charge in [0, 0.05) is 31.3 Å². The number of carbonyl (C=O) groups is 1. The number of H-pyrrole nitrogens is 1. The fraction of sp³-hybridized carbons (Fsp3) is 0.600. The van der Waals surface area contributed by atoms with Crippen molar-refractivity contribution in [2.45, 2.75) is 51.0 Å². The fourth-order valence-electron chi connectivity index (χ4n) is 2.71. The number of aromatic amines is 1. The van der Waals surface area contributed by atoms with Crippen LogP contribution in [0.1, 0.15) is 44.1 Å². The van der Waals surface area contributed by atoms with Gasteiger partial charge in [0.05, 0.1) is 6.07 Å². The van der Waals surface area contributed by atoms with Gasteiger partial charge < -0.3 is 10.3 Å². The van der Waals surface area contributed by atoms with E-state index in [0.717, 1.165) is 32.1 Å². The Balaban J connectivity index is 1.65. The third-order valence-electron chi connectivity index (χ3n) is 3.89. The van der Waals surface area contributed by atoms with E-state index < -0.39 is 0 Å². The molecule has 2 N–H and O–H groups in total. The Kier molecular flexibility index (Phi) is 5.02. The summed E-state index contributed by atoms with van der Waals surface area (Å²) < 4.78 is 0. The number of amides is 1. The molecule has 0 aliphatic heterocycles. The molecule has 0 aromatic carbocycles. The molecule has 1 saturated carbocycles. The molecule has 1 aromatic rings. The summed E-state index contributed by atoms with van der Waals surface area (Å²) in [5, 5.41) is 11.8.